The highest BCUT2D eigenvalue weighted by molar-refractivity contribution is 6.12. The first-order valence-electron chi connectivity index (χ1n) is 5.11. The van der Waals surface area contributed by atoms with Crippen molar-refractivity contribution < 1.29 is 37.4 Å². The third-order valence-corrected chi connectivity index (χ3v) is 2.75. The van der Waals surface area contributed by atoms with Crippen LogP contribution in [0.4, 0.5) is 13.2 Å². The predicted octanol–water partition coefficient (Wildman–Crippen LogP) is 2.57. The molecule has 0 fully saturated rings. The van der Waals surface area contributed by atoms with Crippen molar-refractivity contribution in [1.29, 1.82) is 0 Å². The molecule has 1 aliphatic rings. The van der Waals surface area contributed by atoms with Gasteiger partial charge in [-0.3, -0.25) is 4.79 Å². The van der Waals surface area contributed by atoms with Gasteiger partial charge in [0.1, 0.15) is 11.3 Å². The fraction of sp³-hybridized carbons (Fsp3) is 0.273. The molecule has 0 saturated heterocycles. The molecule has 0 bridgehead atoms. The predicted molar refractivity (Wildman–Crippen MR) is 54.0 cm³/mol. The van der Waals surface area contributed by atoms with Gasteiger partial charge in [-0.05, 0) is 6.42 Å². The summed E-state index contributed by atoms with van der Waals surface area (Å²) in [6.45, 7) is 0. The van der Waals surface area contributed by atoms with Crippen molar-refractivity contribution in [3.8, 4) is 0 Å². The van der Waals surface area contributed by atoms with Gasteiger partial charge in [0.05, 0.1) is 11.8 Å². The van der Waals surface area contributed by atoms with Crippen LogP contribution in [0.15, 0.2) is 16.3 Å². The lowest BCUT2D eigenvalue weighted by atomic mass is 9.89. The van der Waals surface area contributed by atoms with Crippen LogP contribution in [0.2, 0.25) is 0 Å². The van der Waals surface area contributed by atoms with Crippen LogP contribution in [0.1, 0.15) is 38.7 Å². The number of alkyl halides is 3. The van der Waals surface area contributed by atoms with Gasteiger partial charge in [0.25, 0.3) is 0 Å². The van der Waals surface area contributed by atoms with E-state index in [1.54, 1.807) is 0 Å². The summed E-state index contributed by atoms with van der Waals surface area (Å²) in [6.07, 6.45) is -4.69. The third kappa shape index (κ3) is 1.98. The fourth-order valence-electron chi connectivity index (χ4n) is 1.96. The second-order valence-electron chi connectivity index (χ2n) is 3.89. The summed E-state index contributed by atoms with van der Waals surface area (Å²) in [7, 11) is 0. The molecule has 0 radical (unpaired) electrons. The minimum Gasteiger partial charge on any atom is -0.515 e. The Morgan fingerprint density at radius 3 is 2.42 bits per heavy atom. The number of Topliss-reactive ketones (excluding diaryl/α,β-unsaturated/α-hetero) is 1. The number of hydrogen-bond acceptors (Lipinski definition) is 4. The highest BCUT2D eigenvalue weighted by Gasteiger charge is 2.46. The van der Waals surface area contributed by atoms with Crippen LogP contribution in [0.5, 0.6) is 0 Å². The van der Waals surface area contributed by atoms with E-state index < -0.39 is 34.8 Å². The van der Waals surface area contributed by atoms with Gasteiger partial charge in [-0.15, -0.1) is 0 Å². The first-order valence-corrected chi connectivity index (χ1v) is 5.11. The van der Waals surface area contributed by atoms with Gasteiger partial charge in [0, 0.05) is 12.0 Å². The maximum absolute atomic E-state index is 12.9. The molecule has 0 aliphatic heterocycles. The lowest BCUT2D eigenvalue weighted by molar-refractivity contribution is -0.138. The maximum Gasteiger partial charge on any atom is 0.421 e. The summed E-state index contributed by atoms with van der Waals surface area (Å²) >= 11 is 0. The van der Waals surface area contributed by atoms with Gasteiger partial charge < -0.3 is 14.6 Å². The van der Waals surface area contributed by atoms with E-state index in [2.05, 4.69) is 4.42 Å². The first kappa shape index (κ1) is 13.2. The van der Waals surface area contributed by atoms with E-state index in [0.717, 1.165) is 0 Å². The zero-order valence-electron chi connectivity index (χ0n) is 9.24. The van der Waals surface area contributed by atoms with E-state index in [4.69, 9.17) is 10.2 Å². The van der Waals surface area contributed by atoms with Crippen LogP contribution in [0.3, 0.4) is 0 Å². The number of aryl methyl sites for hydroxylation is 1. The molecule has 0 amide bonds. The molecule has 2 rings (SSSR count). The smallest absolute Gasteiger partial charge is 0.421 e. The van der Waals surface area contributed by atoms with Gasteiger partial charge in [-0.25, -0.2) is 4.79 Å². The van der Waals surface area contributed by atoms with Crippen molar-refractivity contribution in [3.05, 3.63) is 34.5 Å². The van der Waals surface area contributed by atoms with E-state index in [1.165, 1.54) is 0 Å². The SMILES string of the molecule is O=C(O)c1oc2c(c1C(F)(F)F)C(=O)/C(=C\O)CC2. The average Bonchev–Trinajstić information content (AvgIpc) is 2.69. The highest BCUT2D eigenvalue weighted by Crippen LogP contribution is 2.41. The summed E-state index contributed by atoms with van der Waals surface area (Å²) in [4.78, 5) is 22.5. The number of rotatable bonds is 1. The van der Waals surface area contributed by atoms with Crippen LogP contribution < -0.4 is 0 Å². The Morgan fingerprint density at radius 2 is 1.95 bits per heavy atom. The lowest BCUT2D eigenvalue weighted by Gasteiger charge is -2.13. The molecular formula is C11H7F3O5. The summed E-state index contributed by atoms with van der Waals surface area (Å²) in [5.74, 6) is -4.58. The number of carboxylic acid groups (broad SMARTS) is 1. The summed E-state index contributed by atoms with van der Waals surface area (Å²) in [5, 5.41) is 17.5. The van der Waals surface area contributed by atoms with Crippen molar-refractivity contribution in [2.24, 2.45) is 0 Å². The minimum atomic E-state index is -5.03. The maximum atomic E-state index is 12.9. The quantitative estimate of drug-likeness (QED) is 0.608. The van der Waals surface area contributed by atoms with Crippen LogP contribution in [0.25, 0.3) is 0 Å². The topological polar surface area (TPSA) is 87.7 Å². The zero-order valence-corrected chi connectivity index (χ0v) is 9.24. The van der Waals surface area contributed by atoms with E-state index in [9.17, 15) is 22.8 Å². The number of aliphatic hydroxyl groups excluding tert-OH is 1. The normalized spacial score (nSPS) is 17.6. The van der Waals surface area contributed by atoms with E-state index >= 15 is 0 Å². The highest BCUT2D eigenvalue weighted by atomic mass is 19.4. The largest absolute Gasteiger partial charge is 0.515 e. The Labute approximate surface area is 103 Å². The van der Waals surface area contributed by atoms with Gasteiger partial charge in [-0.1, -0.05) is 0 Å². The Balaban J connectivity index is 2.75. The van der Waals surface area contributed by atoms with E-state index in [1.807, 2.05) is 0 Å². The zero-order chi connectivity index (χ0) is 14.4. The molecule has 102 valence electrons. The standard InChI is InChI=1S/C11H7F3O5/c12-11(13,14)7-6-5(19-9(7)10(17)18)2-1-4(3-15)8(6)16/h3,15H,1-2H2,(H,17,18)/b4-3-. The number of allylic oxidation sites excluding steroid dienone is 1. The molecule has 5 nitrogen and oxygen atoms in total. The summed E-state index contributed by atoms with van der Waals surface area (Å²) in [5.41, 5.74) is -2.63. The Kier molecular flexibility index (Phi) is 2.88. The molecule has 19 heavy (non-hydrogen) atoms. The van der Waals surface area contributed by atoms with Crippen molar-refractivity contribution in [2.45, 2.75) is 19.0 Å². The molecule has 1 aromatic heterocycles. The Hall–Kier alpha value is -2.25. The molecule has 1 aromatic rings. The van der Waals surface area contributed by atoms with Crippen molar-refractivity contribution in [1.82, 2.24) is 0 Å². The van der Waals surface area contributed by atoms with E-state index in [-0.39, 0.29) is 24.2 Å². The van der Waals surface area contributed by atoms with Gasteiger partial charge in [-0.2, -0.15) is 13.2 Å². The molecule has 8 heteroatoms. The van der Waals surface area contributed by atoms with Crippen LogP contribution >= 0.6 is 0 Å². The Bertz CT molecular complexity index is 594. The molecule has 0 saturated carbocycles. The van der Waals surface area contributed by atoms with Crippen molar-refractivity contribution in [2.75, 3.05) is 0 Å². The van der Waals surface area contributed by atoms with Gasteiger partial charge in [0.2, 0.25) is 5.76 Å². The number of halogens is 3. The lowest BCUT2D eigenvalue weighted by Crippen LogP contribution is -2.19. The molecule has 0 aromatic carbocycles. The van der Waals surface area contributed by atoms with Gasteiger partial charge >= 0.3 is 12.1 Å². The number of ketones is 1. The number of furan rings is 1. The average molecular weight is 276 g/mol. The van der Waals surface area contributed by atoms with Crippen LogP contribution in [-0.4, -0.2) is 22.0 Å². The molecule has 0 unspecified atom stereocenters. The minimum absolute atomic E-state index is 0.00774. The first-order chi connectivity index (χ1) is 8.77. The number of carbonyl (C=O) groups is 2. The molecular weight excluding hydrogens is 269 g/mol. The summed E-state index contributed by atoms with van der Waals surface area (Å²) < 4.78 is 43.3. The molecule has 0 atom stereocenters. The second-order valence-corrected chi connectivity index (χ2v) is 3.89. The number of carboxylic acids is 1. The number of carbonyl (C=O) groups excluding carboxylic acids is 1. The molecule has 1 heterocycles. The van der Waals surface area contributed by atoms with Crippen molar-refractivity contribution >= 4 is 11.8 Å². The van der Waals surface area contributed by atoms with Crippen LogP contribution in [-0.2, 0) is 12.6 Å². The molecule has 2 N–H and O–H groups in total. The number of hydrogen-bond donors (Lipinski definition) is 2. The second kappa shape index (κ2) is 4.15. The third-order valence-electron chi connectivity index (χ3n) is 2.75. The fourth-order valence-corrected chi connectivity index (χ4v) is 1.96. The van der Waals surface area contributed by atoms with Crippen molar-refractivity contribution in [3.63, 3.8) is 0 Å². The van der Waals surface area contributed by atoms with Crippen LogP contribution in [0, 0.1) is 0 Å². The summed E-state index contributed by atoms with van der Waals surface area (Å²) in [6, 6.07) is 0. The number of aliphatic hydroxyl groups is 1. The number of fused-ring (bicyclic) bond motifs is 1. The number of aromatic carboxylic acids is 1. The van der Waals surface area contributed by atoms with Gasteiger partial charge in [0.15, 0.2) is 5.78 Å². The molecule has 1 aliphatic carbocycles. The molecule has 0 spiro atoms. The monoisotopic (exact) mass is 276 g/mol. The Morgan fingerprint density at radius 1 is 1.32 bits per heavy atom. The van der Waals surface area contributed by atoms with E-state index in [0.29, 0.717) is 6.26 Å².